The van der Waals surface area contributed by atoms with Crippen molar-refractivity contribution in [2.75, 3.05) is 0 Å². The Morgan fingerprint density at radius 3 is 0.788 bits per heavy atom. The molecule has 2 aromatic heterocycles. The molecule has 8 rings (SSSR count). The Labute approximate surface area is 395 Å². The molecule has 0 fully saturated rings. The Balaban J connectivity index is 1.03. The van der Waals surface area contributed by atoms with Gasteiger partial charge < -0.3 is 0 Å². The van der Waals surface area contributed by atoms with Crippen LogP contribution >= 0.6 is 0 Å². The van der Waals surface area contributed by atoms with Gasteiger partial charge in [0.1, 0.15) is 0 Å². The Hall–Kier alpha value is -7.13. The fraction of sp³-hybridized carbons (Fsp3) is 0.194. The zero-order valence-electron chi connectivity index (χ0n) is 40.8. The zero-order chi connectivity index (χ0) is 46.8. The van der Waals surface area contributed by atoms with Gasteiger partial charge in [0.15, 0.2) is 0 Å². The normalized spacial score (nSPS) is 10.8. The molecular weight excluding hydrogens is 794 g/mol. The average molecular weight is 853 g/mol. The second-order valence-corrected chi connectivity index (χ2v) is 18.7. The van der Waals surface area contributed by atoms with Crippen molar-refractivity contribution >= 4 is 46.2 Å². The molecule has 8 aromatic rings. The van der Waals surface area contributed by atoms with Crippen LogP contribution in [0.2, 0.25) is 0 Å². The number of nitrogens with zero attached hydrogens (tertiary/aromatic N) is 2. The molecule has 0 aliphatic rings. The van der Waals surface area contributed by atoms with Crippen LogP contribution in [0.25, 0.3) is 11.4 Å². The maximum absolute atomic E-state index is 4.68. The highest BCUT2D eigenvalue weighted by Gasteiger charge is 2.30. The van der Waals surface area contributed by atoms with E-state index in [9.17, 15) is 0 Å². The van der Waals surface area contributed by atoms with E-state index in [0.717, 1.165) is 33.6 Å². The maximum atomic E-state index is 4.68. The first-order valence-electron chi connectivity index (χ1n) is 23.1. The van der Waals surface area contributed by atoms with Crippen molar-refractivity contribution in [3.8, 4) is 35.1 Å². The number of hydrogen-bond acceptors (Lipinski definition) is 2. The molecule has 2 heterocycles. The lowest BCUT2D eigenvalue weighted by atomic mass is 9.34. The van der Waals surface area contributed by atoms with E-state index >= 15 is 0 Å². The topological polar surface area (TPSA) is 25.8 Å². The summed E-state index contributed by atoms with van der Waals surface area (Å²) in [6.45, 7) is 27.0. The largest absolute Gasteiger partial charge is 0.255 e. The van der Waals surface area contributed by atoms with Crippen LogP contribution in [0.4, 0.5) is 0 Å². The third-order valence-corrected chi connectivity index (χ3v) is 13.1. The molecule has 2 nitrogen and oxygen atoms in total. The first-order chi connectivity index (χ1) is 31.6. The van der Waals surface area contributed by atoms with Gasteiger partial charge >= 0.3 is 0 Å². The molecule has 6 aromatic carbocycles. The smallest absolute Gasteiger partial charge is 0.242 e. The van der Waals surface area contributed by atoms with Crippen LogP contribution < -0.4 is 32.8 Å². The number of rotatable bonds is 7. The van der Waals surface area contributed by atoms with Crippen LogP contribution in [0.15, 0.2) is 134 Å². The summed E-state index contributed by atoms with van der Waals surface area (Å²) in [4.78, 5) is 9.37. The fourth-order valence-electron chi connectivity index (χ4n) is 10.6. The van der Waals surface area contributed by atoms with E-state index in [0.29, 0.717) is 0 Å². The lowest BCUT2D eigenvalue weighted by Gasteiger charge is -2.24. The summed E-state index contributed by atoms with van der Waals surface area (Å²) >= 11 is 0. The van der Waals surface area contributed by atoms with Crippen LogP contribution in [0.3, 0.4) is 0 Å². The molecule has 0 N–H and O–H groups in total. The molecule has 66 heavy (non-hydrogen) atoms. The van der Waals surface area contributed by atoms with E-state index in [1.807, 2.05) is 24.3 Å². The average Bonchev–Trinajstić information content (AvgIpc) is 3.26. The molecule has 0 saturated heterocycles. The van der Waals surface area contributed by atoms with Gasteiger partial charge in [-0.1, -0.05) is 196 Å². The van der Waals surface area contributed by atoms with Gasteiger partial charge in [-0.3, -0.25) is 9.97 Å². The van der Waals surface area contributed by atoms with Crippen LogP contribution in [0, 0.1) is 107 Å². The van der Waals surface area contributed by atoms with Crippen LogP contribution in [0.5, 0.6) is 0 Å². The highest BCUT2D eigenvalue weighted by atomic mass is 14.8. The Bertz CT molecular complexity index is 2850. The minimum Gasteiger partial charge on any atom is -0.255 e. The summed E-state index contributed by atoms with van der Waals surface area (Å²) in [6.07, 6.45) is 3.61. The molecule has 0 saturated carbocycles. The number of pyridine rings is 2. The van der Waals surface area contributed by atoms with E-state index in [-0.39, 0.29) is 13.4 Å². The lowest BCUT2D eigenvalue weighted by Crippen LogP contribution is -2.55. The summed E-state index contributed by atoms with van der Waals surface area (Å²) in [5.74, 6) is 13.6. The van der Waals surface area contributed by atoms with Crippen molar-refractivity contribution in [1.29, 1.82) is 0 Å². The van der Waals surface area contributed by atoms with Gasteiger partial charge in [0.05, 0.1) is 11.4 Å². The molecule has 0 unspecified atom stereocenters. The molecule has 0 atom stereocenters. The third kappa shape index (κ3) is 9.76. The Morgan fingerprint density at radius 2 is 0.530 bits per heavy atom. The van der Waals surface area contributed by atoms with E-state index in [1.54, 1.807) is 12.4 Å². The van der Waals surface area contributed by atoms with Crippen molar-refractivity contribution in [2.45, 2.75) is 83.1 Å². The van der Waals surface area contributed by atoms with Crippen LogP contribution in [-0.2, 0) is 0 Å². The van der Waals surface area contributed by atoms with Gasteiger partial charge in [-0.15, -0.1) is 0 Å². The predicted octanol–water partition coefficient (Wildman–Crippen LogP) is 9.68. The number of hydrogen-bond donors (Lipinski definition) is 0. The van der Waals surface area contributed by atoms with Crippen LogP contribution in [0.1, 0.15) is 89.0 Å². The van der Waals surface area contributed by atoms with E-state index in [4.69, 9.17) is 0 Å². The number of aromatic nitrogens is 2. The summed E-state index contributed by atoms with van der Waals surface area (Å²) in [7, 11) is 0. The van der Waals surface area contributed by atoms with Crippen LogP contribution in [-0.4, -0.2) is 23.4 Å². The van der Waals surface area contributed by atoms with E-state index in [2.05, 4.69) is 214 Å². The molecule has 322 valence electrons. The zero-order valence-corrected chi connectivity index (χ0v) is 40.8. The van der Waals surface area contributed by atoms with Crippen molar-refractivity contribution in [1.82, 2.24) is 9.97 Å². The maximum Gasteiger partial charge on any atom is 0.242 e. The first-order valence-corrected chi connectivity index (χ1v) is 23.1. The second kappa shape index (κ2) is 19.1. The van der Waals surface area contributed by atoms with Gasteiger partial charge in [0, 0.05) is 34.6 Å². The molecule has 0 bridgehead atoms. The van der Waals surface area contributed by atoms with Gasteiger partial charge in [-0.05, 0) is 132 Å². The number of aryl methyl sites for hydroxylation is 12. The third-order valence-electron chi connectivity index (χ3n) is 13.1. The first kappa shape index (κ1) is 45.4. The van der Waals surface area contributed by atoms with Crippen molar-refractivity contribution in [2.24, 2.45) is 0 Å². The summed E-state index contributed by atoms with van der Waals surface area (Å²) in [5.41, 5.74) is 29.0. The molecule has 0 spiro atoms. The highest BCUT2D eigenvalue weighted by Crippen LogP contribution is 2.18. The molecule has 4 heteroatoms. The SMILES string of the molecule is Cc1cc(C)c(B(c2ccc(C#Cc3ccnc(-c4cc(C#Cc5ccc(B(c6c(C)cc(C)cc6C)c6c(C)cc(C)cc6C)cc5)ccn4)c3)cc2)c2c(C)cc(C)cc2C)c(C)c1. The molecule has 0 radical (unpaired) electrons. The van der Waals surface area contributed by atoms with E-state index < -0.39 is 0 Å². The molecular formula is C62H58B2N2. The van der Waals surface area contributed by atoms with Gasteiger partial charge in [-0.2, -0.15) is 0 Å². The minimum absolute atomic E-state index is 0.124. The summed E-state index contributed by atoms with van der Waals surface area (Å²) in [5, 5.41) is 0. The number of benzene rings is 6. The van der Waals surface area contributed by atoms with Gasteiger partial charge in [-0.25, -0.2) is 0 Å². The highest BCUT2D eigenvalue weighted by molar-refractivity contribution is 6.97. The van der Waals surface area contributed by atoms with Crippen molar-refractivity contribution < 1.29 is 0 Å². The molecule has 0 aliphatic heterocycles. The Morgan fingerprint density at radius 1 is 0.288 bits per heavy atom. The van der Waals surface area contributed by atoms with E-state index in [1.165, 1.54) is 99.5 Å². The fourth-order valence-corrected chi connectivity index (χ4v) is 10.6. The summed E-state index contributed by atoms with van der Waals surface area (Å²) < 4.78 is 0. The van der Waals surface area contributed by atoms with Gasteiger partial charge in [0.2, 0.25) is 13.4 Å². The minimum atomic E-state index is 0.124. The predicted molar refractivity (Wildman–Crippen MR) is 284 cm³/mol. The van der Waals surface area contributed by atoms with Crippen molar-refractivity contribution in [3.05, 3.63) is 223 Å². The standard InChI is InChI=1S/C62H58B2N2/c1-39-29-43(5)59(44(6)30-39)63(60-45(7)31-40(2)32-46(60)8)55-21-17-51(18-22-55)13-15-53-25-27-65-57(37-53)58-38-54(26-28-66-58)16-14-52-19-23-56(24-20-52)64(61-47(9)33-41(3)34-48(61)10)62-49(11)35-42(4)36-50(62)12/h17-38H,1-12H3. The second-order valence-electron chi connectivity index (χ2n) is 18.7. The quantitative estimate of drug-likeness (QED) is 0.118. The molecule has 0 aliphatic carbocycles. The van der Waals surface area contributed by atoms with Gasteiger partial charge in [0.25, 0.3) is 0 Å². The van der Waals surface area contributed by atoms with Crippen molar-refractivity contribution in [3.63, 3.8) is 0 Å². The Kier molecular flexibility index (Phi) is 13.2. The lowest BCUT2D eigenvalue weighted by molar-refractivity contribution is 1.24. The summed E-state index contributed by atoms with van der Waals surface area (Å²) in [6, 6.07) is 44.1. The molecule has 0 amide bonds. The monoisotopic (exact) mass is 852 g/mol.